The Hall–Kier alpha value is -3.13. The quantitative estimate of drug-likeness (QED) is 0.480. The van der Waals surface area contributed by atoms with Crippen LogP contribution in [0.1, 0.15) is 25.0 Å². The van der Waals surface area contributed by atoms with Gasteiger partial charge in [-0.05, 0) is 55.4 Å². The second-order valence-electron chi connectivity index (χ2n) is 6.76. The highest BCUT2D eigenvalue weighted by molar-refractivity contribution is 8.18. The number of thioether (sulfide) groups is 1. The summed E-state index contributed by atoms with van der Waals surface area (Å²) < 4.78 is 24.2. The van der Waals surface area contributed by atoms with Crippen molar-refractivity contribution in [3.63, 3.8) is 0 Å². The van der Waals surface area contributed by atoms with Gasteiger partial charge < -0.3 is 9.47 Å². The van der Waals surface area contributed by atoms with Gasteiger partial charge in [0.25, 0.3) is 11.1 Å². The van der Waals surface area contributed by atoms with Crippen LogP contribution >= 0.6 is 11.8 Å². The first-order chi connectivity index (χ1) is 14.3. The predicted octanol–water partition coefficient (Wildman–Crippen LogP) is 4.39. The van der Waals surface area contributed by atoms with Crippen LogP contribution in [0.3, 0.4) is 0 Å². The molecule has 1 heterocycles. The highest BCUT2D eigenvalue weighted by atomic mass is 32.2. The van der Waals surface area contributed by atoms with Crippen LogP contribution in [0.25, 0.3) is 6.08 Å². The first-order valence-corrected chi connectivity index (χ1v) is 10.1. The molecule has 0 aliphatic carbocycles. The predicted molar refractivity (Wildman–Crippen MR) is 111 cm³/mol. The minimum Gasteiger partial charge on any atom is -0.489 e. The van der Waals surface area contributed by atoms with Crippen molar-refractivity contribution in [2.75, 3.05) is 6.54 Å². The zero-order chi connectivity index (χ0) is 21.7. The zero-order valence-electron chi connectivity index (χ0n) is 16.5. The molecule has 0 saturated carbocycles. The number of esters is 1. The van der Waals surface area contributed by atoms with Gasteiger partial charge in [-0.3, -0.25) is 19.3 Å². The number of carbonyl (C=O) groups excluding carboxylic acids is 3. The van der Waals surface area contributed by atoms with E-state index in [1.54, 1.807) is 62.4 Å². The lowest BCUT2D eigenvalue weighted by atomic mass is 10.2. The van der Waals surface area contributed by atoms with Gasteiger partial charge in [0.05, 0.1) is 11.0 Å². The molecule has 0 bridgehead atoms. The Morgan fingerprint density at radius 2 is 1.83 bits per heavy atom. The monoisotopic (exact) mass is 429 g/mol. The van der Waals surface area contributed by atoms with E-state index in [0.717, 1.165) is 16.7 Å². The lowest BCUT2D eigenvalue weighted by Gasteiger charge is -2.13. The van der Waals surface area contributed by atoms with Crippen LogP contribution in [0, 0.1) is 5.82 Å². The Morgan fingerprint density at radius 3 is 2.50 bits per heavy atom. The molecule has 2 aromatic rings. The first kappa shape index (κ1) is 21.6. The Bertz CT molecular complexity index is 987. The molecule has 0 aromatic heterocycles. The van der Waals surface area contributed by atoms with E-state index < -0.39 is 23.7 Å². The van der Waals surface area contributed by atoms with Gasteiger partial charge in [0.15, 0.2) is 0 Å². The zero-order valence-corrected chi connectivity index (χ0v) is 17.3. The third-order valence-electron chi connectivity index (χ3n) is 4.06. The molecule has 1 saturated heterocycles. The van der Waals surface area contributed by atoms with Crippen molar-refractivity contribution in [1.29, 1.82) is 0 Å². The second kappa shape index (κ2) is 9.58. The average molecular weight is 429 g/mol. The maximum Gasteiger partial charge on any atom is 0.326 e. The maximum absolute atomic E-state index is 13.6. The number of hydrogen-bond acceptors (Lipinski definition) is 6. The van der Waals surface area contributed by atoms with Crippen molar-refractivity contribution in [2.45, 2.75) is 26.6 Å². The number of amides is 2. The van der Waals surface area contributed by atoms with Crippen molar-refractivity contribution in [3.05, 3.63) is 70.4 Å². The van der Waals surface area contributed by atoms with Crippen LogP contribution in [0.4, 0.5) is 9.18 Å². The third kappa shape index (κ3) is 5.48. The molecule has 0 N–H and O–H groups in total. The summed E-state index contributed by atoms with van der Waals surface area (Å²) >= 11 is 0.769. The van der Waals surface area contributed by atoms with E-state index in [0.29, 0.717) is 16.9 Å². The average Bonchev–Trinajstić information content (AvgIpc) is 2.95. The highest BCUT2D eigenvalue weighted by Gasteiger charge is 2.36. The number of imide groups is 1. The van der Waals surface area contributed by atoms with Crippen molar-refractivity contribution < 1.29 is 28.2 Å². The van der Waals surface area contributed by atoms with E-state index in [9.17, 15) is 18.8 Å². The third-order valence-corrected chi connectivity index (χ3v) is 4.97. The van der Waals surface area contributed by atoms with Gasteiger partial charge in [-0.2, -0.15) is 0 Å². The molecule has 3 rings (SSSR count). The van der Waals surface area contributed by atoms with Crippen molar-refractivity contribution in [3.8, 4) is 5.75 Å². The summed E-state index contributed by atoms with van der Waals surface area (Å²) in [5.41, 5.74) is 1.13. The summed E-state index contributed by atoms with van der Waals surface area (Å²) in [6, 6.07) is 13.2. The Kier molecular flexibility index (Phi) is 6.89. The molecule has 2 aromatic carbocycles. The van der Waals surface area contributed by atoms with E-state index in [2.05, 4.69) is 0 Å². The molecular formula is C22H20FNO5S. The van der Waals surface area contributed by atoms with Crippen LogP contribution < -0.4 is 4.74 Å². The summed E-state index contributed by atoms with van der Waals surface area (Å²) in [6.07, 6.45) is 1.24. The molecule has 1 fully saturated rings. The van der Waals surface area contributed by atoms with Crippen molar-refractivity contribution in [1.82, 2.24) is 4.90 Å². The Labute approximate surface area is 177 Å². The Balaban J connectivity index is 1.62. The van der Waals surface area contributed by atoms with E-state index in [-0.39, 0.29) is 23.4 Å². The summed E-state index contributed by atoms with van der Waals surface area (Å²) in [5, 5.41) is -0.517. The van der Waals surface area contributed by atoms with Gasteiger partial charge >= 0.3 is 5.97 Å². The number of rotatable bonds is 7. The van der Waals surface area contributed by atoms with Crippen molar-refractivity contribution in [2.24, 2.45) is 0 Å². The Morgan fingerprint density at radius 1 is 1.13 bits per heavy atom. The molecule has 2 amide bonds. The molecular weight excluding hydrogens is 409 g/mol. The first-order valence-electron chi connectivity index (χ1n) is 9.24. The van der Waals surface area contributed by atoms with E-state index in [1.165, 1.54) is 6.07 Å². The molecule has 0 unspecified atom stereocenters. The highest BCUT2D eigenvalue weighted by Crippen LogP contribution is 2.32. The number of halogens is 1. The summed E-state index contributed by atoms with van der Waals surface area (Å²) in [5.74, 6) is -0.961. The fourth-order valence-corrected chi connectivity index (χ4v) is 3.49. The summed E-state index contributed by atoms with van der Waals surface area (Å²) in [4.78, 5) is 37.4. The van der Waals surface area contributed by atoms with Crippen LogP contribution in [0.5, 0.6) is 5.75 Å². The molecule has 6 nitrogen and oxygen atoms in total. The molecule has 156 valence electrons. The minimum atomic E-state index is -0.634. The van der Waals surface area contributed by atoms with Crippen LogP contribution in [0.15, 0.2) is 53.4 Å². The van der Waals surface area contributed by atoms with Crippen molar-refractivity contribution >= 4 is 35.0 Å². The molecule has 1 aliphatic heterocycles. The minimum absolute atomic E-state index is 0.0946. The van der Waals surface area contributed by atoms with Gasteiger partial charge in [0.2, 0.25) is 0 Å². The van der Waals surface area contributed by atoms with Crippen LogP contribution in [-0.2, 0) is 20.9 Å². The topological polar surface area (TPSA) is 72.9 Å². The molecule has 1 aliphatic rings. The smallest absolute Gasteiger partial charge is 0.326 e. The maximum atomic E-state index is 13.6. The van der Waals surface area contributed by atoms with Crippen LogP contribution in [0.2, 0.25) is 0 Å². The van der Waals surface area contributed by atoms with Crippen LogP contribution in [-0.4, -0.2) is 34.7 Å². The number of nitrogens with zero attached hydrogens (tertiary/aromatic N) is 1. The molecule has 30 heavy (non-hydrogen) atoms. The molecule has 0 spiro atoms. The second-order valence-corrected chi connectivity index (χ2v) is 7.75. The fourth-order valence-electron chi connectivity index (χ4n) is 2.65. The van der Waals surface area contributed by atoms with Gasteiger partial charge in [-0.25, -0.2) is 4.39 Å². The number of carbonyl (C=O) groups is 3. The molecule has 0 radical (unpaired) electrons. The van der Waals surface area contributed by atoms with E-state index in [4.69, 9.17) is 9.47 Å². The fraction of sp³-hybridized carbons (Fsp3) is 0.227. The number of benzene rings is 2. The number of ether oxygens (including phenoxy) is 2. The number of hydrogen-bond donors (Lipinski definition) is 0. The summed E-state index contributed by atoms with van der Waals surface area (Å²) in [6.45, 7) is 3.06. The SMILES string of the molecule is CC(C)OC(=O)CN1C(=O)S/C(=C/c2ccc(OCc3ccccc3F)cc2)C1=O. The van der Waals surface area contributed by atoms with E-state index >= 15 is 0 Å². The standard InChI is InChI=1S/C22H20FNO5S/c1-14(2)29-20(25)12-24-21(26)19(30-22(24)27)11-15-7-9-17(10-8-15)28-13-16-5-3-4-6-18(16)23/h3-11,14H,12-13H2,1-2H3/b19-11+. The summed E-state index contributed by atoms with van der Waals surface area (Å²) in [7, 11) is 0. The molecule has 0 atom stereocenters. The normalized spacial score (nSPS) is 15.2. The van der Waals surface area contributed by atoms with Gasteiger partial charge in [-0.15, -0.1) is 0 Å². The lowest BCUT2D eigenvalue weighted by molar-refractivity contribution is -0.149. The van der Waals surface area contributed by atoms with Gasteiger partial charge in [-0.1, -0.05) is 30.3 Å². The van der Waals surface area contributed by atoms with Gasteiger partial charge in [0, 0.05) is 5.56 Å². The largest absolute Gasteiger partial charge is 0.489 e. The molecule has 8 heteroatoms. The lowest BCUT2D eigenvalue weighted by Crippen LogP contribution is -2.35. The van der Waals surface area contributed by atoms with Gasteiger partial charge in [0.1, 0.15) is 24.7 Å². The van der Waals surface area contributed by atoms with E-state index in [1.807, 2.05) is 0 Å².